The number of hydrogen-bond donors (Lipinski definition) is 0. The zero-order valence-electron chi connectivity index (χ0n) is 23.5. The molecule has 40 heavy (non-hydrogen) atoms. The van der Waals surface area contributed by atoms with Crippen LogP contribution >= 0.6 is 17.2 Å². The van der Waals surface area contributed by atoms with Gasteiger partial charge in [-0.15, -0.1) is 57.9 Å². The summed E-state index contributed by atoms with van der Waals surface area (Å²) < 4.78 is 3.38. The molecular weight excluding hydrogens is 694 g/mol. The van der Waals surface area contributed by atoms with E-state index < -0.39 is 18.6 Å². The predicted molar refractivity (Wildman–Crippen MR) is 180 cm³/mol. The van der Waals surface area contributed by atoms with E-state index in [1.807, 2.05) is 13.8 Å². The molecule has 0 amide bonds. The van der Waals surface area contributed by atoms with E-state index in [4.69, 9.17) is 17.2 Å². The average Bonchev–Trinajstić information content (AvgIpc) is 3.65. The van der Waals surface area contributed by atoms with Crippen LogP contribution in [-0.4, -0.2) is 4.26 Å². The van der Waals surface area contributed by atoms with Gasteiger partial charge in [-0.25, -0.2) is 0 Å². The minimum Gasteiger partial charge on any atom is -0.168 e. The van der Waals surface area contributed by atoms with E-state index in [0.717, 1.165) is 12.8 Å². The summed E-state index contributed by atoms with van der Waals surface area (Å²) in [5, 5.41) is 5.31. The van der Waals surface area contributed by atoms with Crippen LogP contribution in [0.2, 0.25) is 0 Å². The van der Waals surface area contributed by atoms with E-state index in [9.17, 15) is 0 Å². The molecule has 0 nitrogen and oxygen atoms in total. The second kappa shape index (κ2) is 19.5. The van der Waals surface area contributed by atoms with Gasteiger partial charge in [0.15, 0.2) is 0 Å². The molecule has 0 bridgehead atoms. The van der Waals surface area contributed by atoms with Crippen molar-refractivity contribution in [2.24, 2.45) is 0 Å². The van der Waals surface area contributed by atoms with Crippen LogP contribution in [-0.2, 0) is 18.6 Å². The second-order valence-corrected chi connectivity index (χ2v) is 20.2. The van der Waals surface area contributed by atoms with E-state index >= 15 is 0 Å². The third kappa shape index (κ3) is 11.1. The van der Waals surface area contributed by atoms with Gasteiger partial charge in [0.1, 0.15) is 0 Å². The minimum atomic E-state index is -1.96. The Labute approximate surface area is 256 Å². The Balaban J connectivity index is 0.000000212. The van der Waals surface area contributed by atoms with Crippen molar-refractivity contribution in [2.75, 3.05) is 0 Å². The SMILES string of the molecule is [CH2-]CC.[CH2-]CC.[CH2]=[Hf]([Cl])[Cl].c1ccc(-c2cccc3[cH-]ccc23)cc1.c1ccc(-c2cccc3[cH-]ccc23)cc1. The van der Waals surface area contributed by atoms with Crippen LogP contribution in [0.1, 0.15) is 26.7 Å². The fourth-order valence-corrected chi connectivity index (χ4v) is 4.06. The molecule has 0 atom stereocenters. The van der Waals surface area contributed by atoms with Crippen molar-refractivity contribution in [3.05, 3.63) is 147 Å². The Kier molecular flexibility index (Phi) is 16.4. The molecule has 0 saturated heterocycles. The molecule has 0 unspecified atom stereocenters. The molecule has 0 aromatic heterocycles. The maximum atomic E-state index is 5.14. The summed E-state index contributed by atoms with van der Waals surface area (Å²) in [6.45, 7) is 11.0. The van der Waals surface area contributed by atoms with Crippen molar-refractivity contribution in [3.63, 3.8) is 0 Å². The summed E-state index contributed by atoms with van der Waals surface area (Å²) in [5.41, 5.74) is 5.21. The van der Waals surface area contributed by atoms with Gasteiger partial charge in [-0.3, -0.25) is 0 Å². The molecule has 0 saturated carbocycles. The normalized spacial score (nSPS) is 9.55. The first kappa shape index (κ1) is 33.6. The smallest absolute Gasteiger partial charge is 0.0279 e. The van der Waals surface area contributed by atoms with Gasteiger partial charge in [-0.1, -0.05) is 97.8 Å². The quantitative estimate of drug-likeness (QED) is 0.123. The molecule has 0 aliphatic heterocycles. The number of fused-ring (bicyclic) bond motifs is 2. The van der Waals surface area contributed by atoms with Crippen molar-refractivity contribution in [1.82, 2.24) is 0 Å². The van der Waals surface area contributed by atoms with Crippen LogP contribution < -0.4 is 0 Å². The molecule has 6 aromatic carbocycles. The van der Waals surface area contributed by atoms with Gasteiger partial charge in [0.2, 0.25) is 0 Å². The van der Waals surface area contributed by atoms with Gasteiger partial charge in [0.05, 0.1) is 0 Å². The molecule has 0 aliphatic carbocycles. The molecule has 0 heterocycles. The van der Waals surface area contributed by atoms with Crippen LogP contribution in [0.15, 0.2) is 133 Å². The topological polar surface area (TPSA) is 0 Å². The number of rotatable bonds is 2. The van der Waals surface area contributed by atoms with Gasteiger partial charge >= 0.3 is 40.0 Å². The van der Waals surface area contributed by atoms with Gasteiger partial charge in [-0.05, 0) is 11.1 Å². The average molecular weight is 732 g/mol. The summed E-state index contributed by atoms with van der Waals surface area (Å²) in [6.07, 6.45) is 2.00. The molecule has 0 radical (unpaired) electrons. The first-order chi connectivity index (χ1) is 19.5. The van der Waals surface area contributed by atoms with Gasteiger partial charge in [0.25, 0.3) is 0 Å². The van der Waals surface area contributed by atoms with Crippen LogP contribution in [0.25, 0.3) is 43.8 Å². The maximum absolute atomic E-state index is 5.14. The van der Waals surface area contributed by atoms with Crippen LogP contribution in [0.4, 0.5) is 0 Å². The molecule has 0 spiro atoms. The largest absolute Gasteiger partial charge is 0.168 e. The third-order valence-electron chi connectivity index (χ3n) is 5.53. The van der Waals surface area contributed by atoms with E-state index in [1.54, 1.807) is 0 Å². The van der Waals surface area contributed by atoms with Crippen molar-refractivity contribution in [2.45, 2.75) is 26.7 Å². The van der Waals surface area contributed by atoms with Crippen molar-refractivity contribution in [1.29, 1.82) is 0 Å². The second-order valence-electron chi connectivity index (χ2n) is 8.74. The van der Waals surface area contributed by atoms with Crippen molar-refractivity contribution < 1.29 is 18.6 Å². The van der Waals surface area contributed by atoms with Gasteiger partial charge < -0.3 is 13.8 Å². The Morgan fingerprint density at radius 1 is 0.575 bits per heavy atom. The Morgan fingerprint density at radius 3 is 1.23 bits per heavy atom. The first-order valence-electron chi connectivity index (χ1n) is 13.4. The molecule has 208 valence electrons. The fourth-order valence-electron chi connectivity index (χ4n) is 4.06. The predicted octanol–water partition coefficient (Wildman–Crippen LogP) is 12.3. The van der Waals surface area contributed by atoms with E-state index in [1.165, 1.54) is 43.8 Å². The van der Waals surface area contributed by atoms with Crippen molar-refractivity contribution >= 4 is 43.0 Å². The van der Waals surface area contributed by atoms with E-state index in [-0.39, 0.29) is 0 Å². The molecule has 3 heteroatoms. The first-order valence-corrected chi connectivity index (χ1v) is 24.9. The molecular formula is C37H38Cl2Hf-4. The van der Waals surface area contributed by atoms with E-state index in [0.29, 0.717) is 0 Å². The Hall–Kier alpha value is -2.58. The summed E-state index contributed by atoms with van der Waals surface area (Å²) in [6, 6.07) is 46.8. The zero-order chi connectivity index (χ0) is 29.2. The molecule has 6 rings (SSSR count). The van der Waals surface area contributed by atoms with Crippen molar-refractivity contribution in [3.8, 4) is 22.3 Å². The summed E-state index contributed by atoms with van der Waals surface area (Å²) >= 11 is -1.96. The Bertz CT molecular complexity index is 1400. The minimum absolute atomic E-state index is 1.00. The fraction of sp³-hybridized carbons (Fsp3) is 0.108. The zero-order valence-corrected chi connectivity index (χ0v) is 28.6. The van der Waals surface area contributed by atoms with E-state index in [2.05, 4.69) is 152 Å². The third-order valence-corrected chi connectivity index (χ3v) is 5.53. The molecule has 0 aliphatic rings. The van der Waals surface area contributed by atoms with Crippen LogP contribution in [0.3, 0.4) is 0 Å². The van der Waals surface area contributed by atoms with Gasteiger partial charge in [-0.2, -0.15) is 37.1 Å². The molecule has 0 N–H and O–H groups in total. The summed E-state index contributed by atoms with van der Waals surface area (Å²) in [4.78, 5) is 0. The van der Waals surface area contributed by atoms with Crippen LogP contribution in [0.5, 0.6) is 0 Å². The maximum Gasteiger partial charge on any atom is -0.0279 e. The van der Waals surface area contributed by atoms with Crippen LogP contribution in [0, 0.1) is 13.8 Å². The van der Waals surface area contributed by atoms with Gasteiger partial charge in [0, 0.05) is 0 Å². The summed E-state index contributed by atoms with van der Waals surface area (Å²) in [5.74, 6) is 0. The number of benzene rings is 4. The molecule has 0 fully saturated rings. The number of halogens is 2. The number of hydrogen-bond acceptors (Lipinski definition) is 0. The molecule has 6 aromatic rings. The summed E-state index contributed by atoms with van der Waals surface area (Å²) in [7, 11) is 10.3. The standard InChI is InChI=1S/2C15H11.2C3H7.CH2.2ClH.Hf/c2*1-2-6-12(7-3-1)14-10-4-8-13-9-5-11-15(13)14;2*1-3-2;;;;/h2*1-11H;2*1,3H2,2H3;1H2;2*1H;/q4*-1;;;;+2/p-2. The monoisotopic (exact) mass is 732 g/mol. The Morgan fingerprint density at radius 2 is 0.900 bits per heavy atom.